The third-order valence-electron chi connectivity index (χ3n) is 2.34. The molecule has 1 aromatic rings. The molecule has 19 heavy (non-hydrogen) atoms. The average Bonchev–Trinajstić information content (AvgIpc) is 2.30. The van der Waals surface area contributed by atoms with Gasteiger partial charge in [0.05, 0.1) is 6.20 Å². The van der Waals surface area contributed by atoms with Crippen molar-refractivity contribution < 1.29 is 13.9 Å². The van der Waals surface area contributed by atoms with Gasteiger partial charge in [-0.25, -0.2) is 4.79 Å². The first-order valence-electron chi connectivity index (χ1n) is 5.72. The Morgan fingerprint density at radius 2 is 2.16 bits per heavy atom. The number of aromatic nitrogens is 2. The van der Waals surface area contributed by atoms with Gasteiger partial charge in [-0.2, -0.15) is 4.39 Å². The number of carbonyl (C=O) groups excluding carboxylic acids is 1. The normalized spacial score (nSPS) is 12.5. The second kappa shape index (κ2) is 6.28. The number of carbonyl (C=O) groups is 1. The fourth-order valence-electron chi connectivity index (χ4n) is 1.42. The van der Waals surface area contributed by atoms with E-state index < -0.39 is 35.8 Å². The molecule has 0 aliphatic rings. The van der Waals surface area contributed by atoms with Crippen LogP contribution in [0.1, 0.15) is 20.3 Å². The van der Waals surface area contributed by atoms with Crippen molar-refractivity contribution in [2.75, 3.05) is 0 Å². The number of nitrogens with two attached hydrogens (primary N) is 1. The molecule has 0 bridgehead atoms. The first-order valence-corrected chi connectivity index (χ1v) is 5.72. The molecular weight excluding hydrogens is 257 g/mol. The molecule has 0 saturated carbocycles. The van der Waals surface area contributed by atoms with Gasteiger partial charge in [-0.3, -0.25) is 19.1 Å². The maximum absolute atomic E-state index is 12.9. The Bertz CT molecular complexity index is 564. The number of nitrogens with zero attached hydrogens (tertiary/aromatic N) is 1. The highest BCUT2D eigenvalue weighted by molar-refractivity contribution is 5.75. The molecule has 0 saturated heterocycles. The minimum Gasteiger partial charge on any atom is -0.443 e. The van der Waals surface area contributed by atoms with E-state index in [2.05, 4.69) is 0 Å². The Kier molecular flexibility index (Phi) is 4.99. The summed E-state index contributed by atoms with van der Waals surface area (Å²) in [5.74, 6) is -1.61. The largest absolute Gasteiger partial charge is 0.443 e. The summed E-state index contributed by atoms with van der Waals surface area (Å²) in [6, 6.07) is -0.802. The zero-order chi connectivity index (χ0) is 14.6. The summed E-state index contributed by atoms with van der Waals surface area (Å²) in [4.78, 5) is 35.3. The minimum absolute atomic E-state index is 0.218. The van der Waals surface area contributed by atoms with Crippen LogP contribution in [0.3, 0.4) is 0 Å². The highest BCUT2D eigenvalue weighted by atomic mass is 19.1. The van der Waals surface area contributed by atoms with E-state index >= 15 is 0 Å². The lowest BCUT2D eigenvalue weighted by Gasteiger charge is -2.13. The number of hydrogen-bond acceptors (Lipinski definition) is 5. The van der Waals surface area contributed by atoms with E-state index in [-0.39, 0.29) is 5.92 Å². The van der Waals surface area contributed by atoms with E-state index in [9.17, 15) is 18.8 Å². The molecule has 7 nitrogen and oxygen atoms in total. The maximum Gasteiger partial charge on any atom is 0.331 e. The summed E-state index contributed by atoms with van der Waals surface area (Å²) in [5, 5.41) is 0. The minimum atomic E-state index is -1.14. The van der Waals surface area contributed by atoms with Crippen LogP contribution in [0.25, 0.3) is 0 Å². The predicted molar refractivity (Wildman–Crippen MR) is 64.8 cm³/mol. The third-order valence-corrected chi connectivity index (χ3v) is 2.34. The summed E-state index contributed by atoms with van der Waals surface area (Å²) in [5.41, 5.74) is 3.60. The molecule has 8 heteroatoms. The first-order chi connectivity index (χ1) is 8.81. The number of aromatic amines is 1. The van der Waals surface area contributed by atoms with Crippen molar-refractivity contribution in [1.29, 1.82) is 0 Å². The molecule has 1 rings (SSSR count). The number of hydrogen-bond donors (Lipinski definition) is 2. The van der Waals surface area contributed by atoms with Crippen LogP contribution in [0.15, 0.2) is 15.8 Å². The van der Waals surface area contributed by atoms with Crippen molar-refractivity contribution in [3.05, 3.63) is 32.9 Å². The summed E-state index contributed by atoms with van der Waals surface area (Å²) < 4.78 is 18.5. The molecule has 0 aliphatic carbocycles. The van der Waals surface area contributed by atoms with Crippen LogP contribution in [-0.4, -0.2) is 21.6 Å². The molecule has 0 spiro atoms. The van der Waals surface area contributed by atoms with Crippen molar-refractivity contribution in [2.45, 2.75) is 33.0 Å². The van der Waals surface area contributed by atoms with Crippen molar-refractivity contribution in [2.24, 2.45) is 11.7 Å². The fraction of sp³-hybridized carbons (Fsp3) is 0.545. The number of nitrogens with one attached hydrogen (secondary N) is 1. The molecule has 3 N–H and O–H groups in total. The van der Waals surface area contributed by atoms with Gasteiger partial charge >= 0.3 is 11.7 Å². The van der Waals surface area contributed by atoms with E-state index in [1.54, 1.807) is 4.98 Å². The van der Waals surface area contributed by atoms with Crippen LogP contribution in [0.5, 0.6) is 0 Å². The third kappa shape index (κ3) is 4.32. The first kappa shape index (κ1) is 15.1. The van der Waals surface area contributed by atoms with Crippen LogP contribution in [0, 0.1) is 11.7 Å². The molecule has 1 atom stereocenters. The van der Waals surface area contributed by atoms with Gasteiger partial charge < -0.3 is 10.5 Å². The fourth-order valence-corrected chi connectivity index (χ4v) is 1.42. The van der Waals surface area contributed by atoms with Gasteiger partial charge in [0, 0.05) is 0 Å². The molecule has 1 aromatic heterocycles. The quantitative estimate of drug-likeness (QED) is 0.706. The van der Waals surface area contributed by atoms with Crippen LogP contribution < -0.4 is 17.0 Å². The number of rotatable bonds is 5. The Labute approximate surface area is 108 Å². The highest BCUT2D eigenvalue weighted by Crippen LogP contribution is 2.04. The van der Waals surface area contributed by atoms with E-state index in [1.807, 2.05) is 13.8 Å². The number of ether oxygens (including phenoxy) is 1. The monoisotopic (exact) mass is 273 g/mol. The van der Waals surface area contributed by atoms with Gasteiger partial charge in [0.15, 0.2) is 6.73 Å². The van der Waals surface area contributed by atoms with Gasteiger partial charge in [-0.1, -0.05) is 13.8 Å². The van der Waals surface area contributed by atoms with E-state index in [4.69, 9.17) is 10.5 Å². The van der Waals surface area contributed by atoms with Gasteiger partial charge in [0.1, 0.15) is 6.04 Å². The zero-order valence-electron chi connectivity index (χ0n) is 10.7. The van der Waals surface area contributed by atoms with Gasteiger partial charge in [-0.15, -0.1) is 0 Å². The van der Waals surface area contributed by atoms with Crippen molar-refractivity contribution in [1.82, 2.24) is 9.55 Å². The average molecular weight is 273 g/mol. The summed E-state index contributed by atoms with van der Waals surface area (Å²) >= 11 is 0. The van der Waals surface area contributed by atoms with Crippen molar-refractivity contribution in [3.63, 3.8) is 0 Å². The summed E-state index contributed by atoms with van der Waals surface area (Å²) in [6.07, 6.45) is 1.11. The number of esters is 1. The van der Waals surface area contributed by atoms with E-state index in [0.29, 0.717) is 12.6 Å². The summed E-state index contributed by atoms with van der Waals surface area (Å²) in [6.45, 7) is 3.29. The van der Waals surface area contributed by atoms with Gasteiger partial charge in [-0.05, 0) is 12.3 Å². The Morgan fingerprint density at radius 1 is 1.53 bits per heavy atom. The lowest BCUT2D eigenvalue weighted by molar-refractivity contribution is -0.149. The highest BCUT2D eigenvalue weighted by Gasteiger charge is 2.16. The maximum atomic E-state index is 12.9. The standard InChI is InChI=1S/C11H16FN3O4/c1-6(2)3-8(13)10(17)19-5-15-4-7(12)9(16)14-11(15)18/h4,6,8H,3,5,13H2,1-2H3,(H,14,16,18). The SMILES string of the molecule is CC(C)CC(N)C(=O)OCn1cc(F)c(=O)[nH]c1=O. The molecule has 1 unspecified atom stereocenters. The Balaban J connectivity index is 2.67. The Hall–Kier alpha value is -1.96. The van der Waals surface area contributed by atoms with Gasteiger partial charge in [0.25, 0.3) is 5.56 Å². The molecular formula is C11H16FN3O4. The molecule has 0 radical (unpaired) electrons. The van der Waals surface area contributed by atoms with E-state index in [0.717, 1.165) is 4.57 Å². The second-order valence-corrected chi connectivity index (χ2v) is 4.53. The number of H-pyrrole nitrogens is 1. The lowest BCUT2D eigenvalue weighted by atomic mass is 10.1. The van der Waals surface area contributed by atoms with Crippen molar-refractivity contribution in [3.8, 4) is 0 Å². The smallest absolute Gasteiger partial charge is 0.331 e. The van der Waals surface area contributed by atoms with Crippen LogP contribution in [-0.2, 0) is 16.3 Å². The molecule has 0 aromatic carbocycles. The zero-order valence-corrected chi connectivity index (χ0v) is 10.7. The molecule has 0 aliphatic heterocycles. The van der Waals surface area contributed by atoms with Gasteiger partial charge in [0.2, 0.25) is 5.82 Å². The molecule has 1 heterocycles. The Morgan fingerprint density at radius 3 is 2.74 bits per heavy atom. The van der Waals surface area contributed by atoms with E-state index in [1.165, 1.54) is 0 Å². The van der Waals surface area contributed by atoms with Crippen LogP contribution in [0.4, 0.5) is 4.39 Å². The molecule has 0 amide bonds. The second-order valence-electron chi connectivity index (χ2n) is 4.53. The van der Waals surface area contributed by atoms with Crippen LogP contribution in [0.2, 0.25) is 0 Å². The predicted octanol–water partition coefficient (Wildman–Crippen LogP) is -0.450. The van der Waals surface area contributed by atoms with Crippen LogP contribution >= 0.6 is 0 Å². The number of halogens is 1. The molecule has 0 fully saturated rings. The van der Waals surface area contributed by atoms with Crippen molar-refractivity contribution >= 4 is 5.97 Å². The molecule has 106 valence electrons. The lowest BCUT2D eigenvalue weighted by Crippen LogP contribution is -2.36. The summed E-state index contributed by atoms with van der Waals surface area (Å²) in [7, 11) is 0. The topological polar surface area (TPSA) is 107 Å².